The Morgan fingerprint density at radius 2 is 1.89 bits per heavy atom. The Kier molecular flexibility index (Phi) is 5.12. The fourth-order valence-electron chi connectivity index (χ4n) is 3.71. The highest BCUT2D eigenvalue weighted by molar-refractivity contribution is 5.96. The van der Waals surface area contributed by atoms with Gasteiger partial charge in [-0.15, -0.1) is 0 Å². The van der Waals surface area contributed by atoms with Gasteiger partial charge >= 0.3 is 0 Å². The molecule has 0 unspecified atom stereocenters. The SMILES string of the molecule is COc1ccc([C@@H](CNC(=O)c2cc3ccccc3o2)N2CCCC2)cc1. The molecule has 4 rings (SSSR count). The maximum atomic E-state index is 12.6. The Hall–Kier alpha value is -2.79. The number of carbonyl (C=O) groups excluding carboxylic acids is 1. The molecule has 0 aliphatic carbocycles. The van der Waals surface area contributed by atoms with Crippen molar-refractivity contribution in [1.82, 2.24) is 10.2 Å². The zero-order valence-corrected chi connectivity index (χ0v) is 15.5. The van der Waals surface area contributed by atoms with E-state index < -0.39 is 0 Å². The van der Waals surface area contributed by atoms with Crippen LogP contribution in [0, 0.1) is 0 Å². The van der Waals surface area contributed by atoms with E-state index in [1.807, 2.05) is 36.4 Å². The van der Waals surface area contributed by atoms with Crippen LogP contribution in [-0.4, -0.2) is 37.6 Å². The van der Waals surface area contributed by atoms with Crippen molar-refractivity contribution < 1.29 is 13.9 Å². The van der Waals surface area contributed by atoms with Crippen LogP contribution in [0.25, 0.3) is 11.0 Å². The molecular formula is C22H24N2O3. The fraction of sp³-hybridized carbons (Fsp3) is 0.318. The first-order valence-electron chi connectivity index (χ1n) is 9.39. The second-order valence-corrected chi connectivity index (χ2v) is 6.89. The second kappa shape index (κ2) is 7.84. The number of benzene rings is 2. The molecule has 1 N–H and O–H groups in total. The molecule has 3 aromatic rings. The summed E-state index contributed by atoms with van der Waals surface area (Å²) in [6, 6.07) is 17.7. The molecule has 1 saturated heterocycles. The van der Waals surface area contributed by atoms with E-state index in [2.05, 4.69) is 22.3 Å². The summed E-state index contributed by atoms with van der Waals surface area (Å²) in [6.07, 6.45) is 2.40. The first-order valence-corrected chi connectivity index (χ1v) is 9.39. The van der Waals surface area contributed by atoms with Gasteiger partial charge in [-0.2, -0.15) is 0 Å². The van der Waals surface area contributed by atoms with Gasteiger partial charge in [0.05, 0.1) is 13.2 Å². The molecule has 140 valence electrons. The molecule has 1 fully saturated rings. The van der Waals surface area contributed by atoms with Crippen LogP contribution in [0.15, 0.2) is 59.0 Å². The highest BCUT2D eigenvalue weighted by Crippen LogP contribution is 2.26. The highest BCUT2D eigenvalue weighted by atomic mass is 16.5. The normalized spacial score (nSPS) is 15.7. The molecule has 5 nitrogen and oxygen atoms in total. The lowest BCUT2D eigenvalue weighted by Crippen LogP contribution is -2.36. The number of nitrogens with one attached hydrogen (secondary N) is 1. The van der Waals surface area contributed by atoms with Crippen LogP contribution < -0.4 is 10.1 Å². The van der Waals surface area contributed by atoms with Crippen LogP contribution in [0.3, 0.4) is 0 Å². The summed E-state index contributed by atoms with van der Waals surface area (Å²) in [6.45, 7) is 2.65. The largest absolute Gasteiger partial charge is 0.497 e. The number of carbonyl (C=O) groups is 1. The van der Waals surface area contributed by atoms with Crippen LogP contribution in [0.2, 0.25) is 0 Å². The molecule has 1 amide bonds. The van der Waals surface area contributed by atoms with Gasteiger partial charge in [-0.05, 0) is 55.8 Å². The van der Waals surface area contributed by atoms with Crippen molar-refractivity contribution >= 4 is 16.9 Å². The van der Waals surface area contributed by atoms with Crippen molar-refractivity contribution in [3.63, 3.8) is 0 Å². The molecule has 5 heteroatoms. The van der Waals surface area contributed by atoms with E-state index in [-0.39, 0.29) is 11.9 Å². The summed E-state index contributed by atoms with van der Waals surface area (Å²) in [4.78, 5) is 15.1. The number of likely N-dealkylation sites (tertiary alicyclic amines) is 1. The van der Waals surface area contributed by atoms with Crippen molar-refractivity contribution in [3.8, 4) is 5.75 Å². The summed E-state index contributed by atoms with van der Waals surface area (Å²) in [5.74, 6) is 1.01. The third-order valence-corrected chi connectivity index (χ3v) is 5.19. The molecule has 0 spiro atoms. The van der Waals surface area contributed by atoms with Crippen molar-refractivity contribution in [2.24, 2.45) is 0 Å². The smallest absolute Gasteiger partial charge is 0.287 e. The van der Waals surface area contributed by atoms with Gasteiger partial charge in [0.15, 0.2) is 5.76 Å². The first-order chi connectivity index (χ1) is 13.2. The molecule has 27 heavy (non-hydrogen) atoms. The van der Waals surface area contributed by atoms with Crippen LogP contribution in [0.5, 0.6) is 5.75 Å². The van der Waals surface area contributed by atoms with Crippen molar-refractivity contribution in [2.75, 3.05) is 26.7 Å². The number of rotatable bonds is 6. The molecular weight excluding hydrogens is 340 g/mol. The topological polar surface area (TPSA) is 54.7 Å². The monoisotopic (exact) mass is 364 g/mol. The molecule has 1 aliphatic heterocycles. The number of hydrogen-bond donors (Lipinski definition) is 1. The van der Waals surface area contributed by atoms with E-state index in [4.69, 9.17) is 9.15 Å². The average molecular weight is 364 g/mol. The van der Waals surface area contributed by atoms with Gasteiger partial charge in [0.25, 0.3) is 5.91 Å². The summed E-state index contributed by atoms with van der Waals surface area (Å²) >= 11 is 0. The Bertz CT molecular complexity index is 878. The predicted octanol–water partition coefficient (Wildman–Crippen LogP) is 4.01. The van der Waals surface area contributed by atoms with Gasteiger partial charge in [-0.3, -0.25) is 9.69 Å². The summed E-state index contributed by atoms with van der Waals surface area (Å²) in [7, 11) is 1.67. The molecule has 0 saturated carbocycles. The third kappa shape index (κ3) is 3.83. The van der Waals surface area contributed by atoms with Gasteiger partial charge in [-0.1, -0.05) is 30.3 Å². The molecule has 1 aliphatic rings. The van der Waals surface area contributed by atoms with Crippen LogP contribution in [-0.2, 0) is 0 Å². The Morgan fingerprint density at radius 3 is 2.59 bits per heavy atom. The predicted molar refractivity (Wildman–Crippen MR) is 105 cm³/mol. The lowest BCUT2D eigenvalue weighted by molar-refractivity contribution is 0.0912. The Labute approximate surface area is 158 Å². The minimum Gasteiger partial charge on any atom is -0.497 e. The van der Waals surface area contributed by atoms with Gasteiger partial charge in [-0.25, -0.2) is 0 Å². The van der Waals surface area contributed by atoms with E-state index in [1.54, 1.807) is 13.2 Å². The van der Waals surface area contributed by atoms with Gasteiger partial charge < -0.3 is 14.5 Å². The number of para-hydroxylation sites is 1. The van der Waals surface area contributed by atoms with E-state index in [0.717, 1.165) is 29.8 Å². The maximum Gasteiger partial charge on any atom is 0.287 e. The van der Waals surface area contributed by atoms with Crippen LogP contribution in [0.4, 0.5) is 0 Å². The zero-order chi connectivity index (χ0) is 18.6. The number of ether oxygens (including phenoxy) is 1. The minimum absolute atomic E-state index is 0.145. The standard InChI is InChI=1S/C22H24N2O3/c1-26-18-10-8-16(9-11-18)19(24-12-4-5-13-24)15-23-22(25)21-14-17-6-2-3-7-20(17)27-21/h2-3,6-11,14,19H,4-5,12-13,15H2,1H3,(H,23,25)/t19-/m1/s1. The highest BCUT2D eigenvalue weighted by Gasteiger charge is 2.24. The number of fused-ring (bicyclic) bond motifs is 1. The van der Waals surface area contributed by atoms with Crippen LogP contribution >= 0.6 is 0 Å². The van der Waals surface area contributed by atoms with Gasteiger partial charge in [0, 0.05) is 11.9 Å². The molecule has 1 aromatic heterocycles. The molecule has 2 aromatic carbocycles. The Balaban J connectivity index is 1.49. The minimum atomic E-state index is -0.177. The van der Waals surface area contributed by atoms with E-state index >= 15 is 0 Å². The summed E-state index contributed by atoms with van der Waals surface area (Å²) in [5.41, 5.74) is 1.91. The first kappa shape index (κ1) is 17.6. The molecule has 0 bridgehead atoms. The summed E-state index contributed by atoms with van der Waals surface area (Å²) in [5, 5.41) is 4.00. The van der Waals surface area contributed by atoms with Gasteiger partial charge in [0.2, 0.25) is 0 Å². The van der Waals surface area contributed by atoms with E-state index in [1.165, 1.54) is 18.4 Å². The van der Waals surface area contributed by atoms with Crippen molar-refractivity contribution in [3.05, 3.63) is 65.9 Å². The van der Waals surface area contributed by atoms with Crippen molar-refractivity contribution in [2.45, 2.75) is 18.9 Å². The lowest BCUT2D eigenvalue weighted by atomic mass is 10.1. The number of nitrogens with zero attached hydrogens (tertiary/aromatic N) is 1. The number of methoxy groups -OCH3 is 1. The zero-order valence-electron chi connectivity index (χ0n) is 15.5. The second-order valence-electron chi connectivity index (χ2n) is 6.89. The van der Waals surface area contributed by atoms with Crippen molar-refractivity contribution in [1.29, 1.82) is 0 Å². The Morgan fingerprint density at radius 1 is 1.15 bits per heavy atom. The van der Waals surface area contributed by atoms with E-state index in [9.17, 15) is 4.79 Å². The van der Waals surface area contributed by atoms with E-state index in [0.29, 0.717) is 12.3 Å². The average Bonchev–Trinajstić information content (AvgIpc) is 3.38. The fourth-order valence-corrected chi connectivity index (χ4v) is 3.71. The molecule has 2 heterocycles. The lowest BCUT2D eigenvalue weighted by Gasteiger charge is -2.28. The number of furan rings is 1. The molecule has 0 radical (unpaired) electrons. The number of hydrogen-bond acceptors (Lipinski definition) is 4. The maximum absolute atomic E-state index is 12.6. The van der Waals surface area contributed by atoms with Gasteiger partial charge in [0.1, 0.15) is 11.3 Å². The quantitative estimate of drug-likeness (QED) is 0.718. The number of amides is 1. The summed E-state index contributed by atoms with van der Waals surface area (Å²) < 4.78 is 10.9. The van der Waals surface area contributed by atoms with Crippen LogP contribution in [0.1, 0.15) is 35.0 Å². The molecule has 1 atom stereocenters. The third-order valence-electron chi connectivity index (χ3n) is 5.19.